The van der Waals surface area contributed by atoms with E-state index in [4.69, 9.17) is 29.9 Å². The highest BCUT2D eigenvalue weighted by molar-refractivity contribution is 7.25. The van der Waals surface area contributed by atoms with Crippen molar-refractivity contribution in [2.45, 2.75) is 0 Å². The van der Waals surface area contributed by atoms with Gasteiger partial charge in [-0.05, 0) is 59.3 Å². The summed E-state index contributed by atoms with van der Waals surface area (Å²) in [7, 11) is 0. The van der Waals surface area contributed by atoms with Crippen LogP contribution in [-0.4, -0.2) is 34.5 Å². The molecule has 8 aromatic carbocycles. The van der Waals surface area contributed by atoms with Crippen LogP contribution in [0.4, 0.5) is 0 Å². The Kier molecular flexibility index (Phi) is 7.89. The van der Waals surface area contributed by atoms with Crippen molar-refractivity contribution in [3.05, 3.63) is 188 Å². The molecule has 0 fully saturated rings. The van der Waals surface area contributed by atoms with Crippen LogP contribution in [-0.2, 0) is 0 Å². The Morgan fingerprint density at radius 3 is 1.32 bits per heavy atom. The monoisotopic (exact) mass is 785 g/mol. The topological polar surface area (TPSA) is 82.3 Å². The molecule has 0 saturated carbocycles. The van der Waals surface area contributed by atoms with Crippen LogP contribution in [0.5, 0.6) is 0 Å². The molecular weight excluding hydrogens is 755 g/mol. The molecule has 0 radical (unpaired) electrons. The van der Waals surface area contributed by atoms with E-state index in [0.717, 1.165) is 60.4 Å². The number of hydrogen-bond acceptors (Lipinski definition) is 7. The Hall–Kier alpha value is -7.94. The maximum atomic E-state index is 5.21. The predicted octanol–water partition coefficient (Wildman–Crippen LogP) is 13.0. The Bertz CT molecular complexity index is 3470. The summed E-state index contributed by atoms with van der Waals surface area (Å²) in [6, 6.07) is 64.7. The van der Waals surface area contributed by atoms with E-state index in [-0.39, 0.29) is 0 Å². The molecule has 0 unspecified atom stereocenters. The van der Waals surface area contributed by atoms with Gasteiger partial charge in [-0.2, -0.15) is 9.97 Å². The third kappa shape index (κ3) is 5.81. The van der Waals surface area contributed by atoms with Crippen molar-refractivity contribution in [3.8, 4) is 62.9 Å². The number of fused-ring (bicyclic) bond motifs is 7. The summed E-state index contributed by atoms with van der Waals surface area (Å²) >= 11 is 1.83. The van der Waals surface area contributed by atoms with Crippen LogP contribution >= 0.6 is 11.3 Å². The molecule has 0 atom stereocenters. The van der Waals surface area contributed by atoms with E-state index in [0.29, 0.717) is 35.1 Å². The molecule has 0 spiro atoms. The number of hydrogen-bond donors (Lipinski definition) is 0. The molecule has 12 rings (SSSR count). The highest BCUT2D eigenvalue weighted by Gasteiger charge is 2.21. The lowest BCUT2D eigenvalue weighted by Gasteiger charge is -2.11. The van der Waals surface area contributed by atoms with Crippen molar-refractivity contribution in [2.75, 3.05) is 0 Å². The van der Waals surface area contributed by atoms with E-state index in [2.05, 4.69) is 71.3 Å². The molecule has 0 saturated heterocycles. The lowest BCUT2D eigenvalue weighted by Crippen LogP contribution is -2.06. The zero-order valence-electron chi connectivity index (χ0n) is 31.9. The van der Waals surface area contributed by atoms with Gasteiger partial charge in [-0.25, -0.2) is 19.9 Å². The molecule has 60 heavy (non-hydrogen) atoms. The van der Waals surface area contributed by atoms with Gasteiger partial charge in [0.05, 0.1) is 11.0 Å². The first-order chi connectivity index (χ1) is 29.7. The van der Waals surface area contributed by atoms with Crippen molar-refractivity contribution >= 4 is 64.1 Å². The summed E-state index contributed by atoms with van der Waals surface area (Å²) < 4.78 is 4.72. The quantitative estimate of drug-likeness (QED) is 0.167. The first-order valence-electron chi connectivity index (χ1n) is 19.8. The number of aromatic nitrogens is 7. The molecule has 0 aliphatic rings. The summed E-state index contributed by atoms with van der Waals surface area (Å²) in [6.07, 6.45) is 0. The molecule has 4 aromatic heterocycles. The normalized spacial score (nSPS) is 11.7. The van der Waals surface area contributed by atoms with Crippen LogP contribution < -0.4 is 0 Å². The fourth-order valence-corrected chi connectivity index (χ4v) is 9.31. The third-order valence-corrected chi connectivity index (χ3v) is 12.2. The van der Waals surface area contributed by atoms with Crippen molar-refractivity contribution in [3.63, 3.8) is 0 Å². The second-order valence-corrected chi connectivity index (χ2v) is 15.9. The summed E-state index contributed by atoms with van der Waals surface area (Å²) in [6.45, 7) is 0. The first-order valence-corrected chi connectivity index (χ1v) is 20.6. The van der Waals surface area contributed by atoms with E-state index in [1.54, 1.807) is 0 Å². The second-order valence-electron chi connectivity index (χ2n) is 14.8. The zero-order chi connectivity index (χ0) is 39.6. The summed E-state index contributed by atoms with van der Waals surface area (Å²) in [5.74, 6) is 3.57. The average Bonchev–Trinajstić information content (AvgIpc) is 3.84. The van der Waals surface area contributed by atoms with Crippen LogP contribution in [0, 0.1) is 0 Å². The number of thiophene rings is 1. The maximum absolute atomic E-state index is 5.21. The van der Waals surface area contributed by atoms with Crippen LogP contribution in [0.2, 0.25) is 0 Å². The molecule has 8 heteroatoms. The molecule has 280 valence electrons. The smallest absolute Gasteiger partial charge is 0.238 e. The van der Waals surface area contributed by atoms with Gasteiger partial charge >= 0.3 is 0 Å². The largest absolute Gasteiger partial charge is 0.278 e. The van der Waals surface area contributed by atoms with E-state index in [1.807, 2.05) is 133 Å². The van der Waals surface area contributed by atoms with Gasteiger partial charge in [-0.1, -0.05) is 140 Å². The predicted molar refractivity (Wildman–Crippen MR) is 245 cm³/mol. The van der Waals surface area contributed by atoms with Crippen LogP contribution in [0.1, 0.15) is 0 Å². The minimum Gasteiger partial charge on any atom is -0.278 e. The van der Waals surface area contributed by atoms with Crippen LogP contribution in [0.3, 0.4) is 0 Å². The fourth-order valence-electron chi connectivity index (χ4n) is 8.18. The third-order valence-electron chi connectivity index (χ3n) is 11.1. The maximum Gasteiger partial charge on any atom is 0.238 e. The molecule has 7 nitrogen and oxygen atoms in total. The highest BCUT2D eigenvalue weighted by atomic mass is 32.1. The van der Waals surface area contributed by atoms with Crippen LogP contribution in [0.25, 0.3) is 116 Å². The molecule has 0 aliphatic carbocycles. The summed E-state index contributed by atoms with van der Waals surface area (Å²) in [4.78, 5) is 30.6. The van der Waals surface area contributed by atoms with Gasteiger partial charge in [0.15, 0.2) is 29.1 Å². The van der Waals surface area contributed by atoms with E-state index in [1.165, 1.54) is 20.2 Å². The van der Waals surface area contributed by atoms with Gasteiger partial charge in [0.25, 0.3) is 0 Å². The second kappa shape index (κ2) is 13.9. The van der Waals surface area contributed by atoms with Gasteiger partial charge in [-0.15, -0.1) is 11.3 Å². The number of rotatable bonds is 6. The Morgan fingerprint density at radius 2 is 0.750 bits per heavy atom. The summed E-state index contributed by atoms with van der Waals surface area (Å²) in [5, 5.41) is 6.93. The molecule has 4 heterocycles. The van der Waals surface area contributed by atoms with Gasteiger partial charge in [0.1, 0.15) is 0 Å². The molecule has 0 aliphatic heterocycles. The van der Waals surface area contributed by atoms with Gasteiger partial charge in [0, 0.05) is 58.8 Å². The van der Waals surface area contributed by atoms with Gasteiger partial charge in [0.2, 0.25) is 5.95 Å². The standard InChI is InChI=1S/C52H31N7S/c1-5-15-32(16-6-1)47-53-48(33-17-7-2-8-18-33)55-51(54-47)36-25-26-43-40(27-36)41-28-38-31-46-42(39-23-13-14-24-45(39)60-46)29-37(38)30-44(41)59(43)52-57-49(34-19-9-3-10-20-34)56-50(58-52)35-21-11-4-12-22-35/h1-31H. The van der Waals surface area contributed by atoms with E-state index < -0.39 is 0 Å². The van der Waals surface area contributed by atoms with Crippen molar-refractivity contribution in [1.29, 1.82) is 0 Å². The molecule has 0 amide bonds. The number of nitrogens with zero attached hydrogens (tertiary/aromatic N) is 7. The lowest BCUT2D eigenvalue weighted by atomic mass is 10.0. The molecule has 0 bridgehead atoms. The highest BCUT2D eigenvalue weighted by Crippen LogP contribution is 2.41. The minimum absolute atomic E-state index is 0.537. The SMILES string of the molecule is c1ccc(-c2nc(-c3ccccc3)nc(-c3ccc4c(c3)c3cc5cc6sc7ccccc7c6cc5cc3n4-c3nc(-c4ccccc4)nc(-c4ccccc4)n3)n2)cc1. The molecule has 12 aromatic rings. The Labute approximate surface area is 348 Å². The lowest BCUT2D eigenvalue weighted by molar-refractivity contribution is 0.954. The van der Waals surface area contributed by atoms with Gasteiger partial charge in [-0.3, -0.25) is 4.57 Å². The van der Waals surface area contributed by atoms with Gasteiger partial charge < -0.3 is 0 Å². The minimum atomic E-state index is 0.537. The summed E-state index contributed by atoms with van der Waals surface area (Å²) in [5.41, 5.74) is 6.50. The van der Waals surface area contributed by atoms with E-state index >= 15 is 0 Å². The fraction of sp³-hybridized carbons (Fsp3) is 0. The van der Waals surface area contributed by atoms with Crippen LogP contribution in [0.15, 0.2) is 188 Å². The van der Waals surface area contributed by atoms with Crippen molar-refractivity contribution < 1.29 is 0 Å². The molecular formula is C52H31N7S. The first kappa shape index (κ1) is 34.1. The number of benzene rings is 8. The van der Waals surface area contributed by atoms with Crippen molar-refractivity contribution in [1.82, 2.24) is 34.5 Å². The van der Waals surface area contributed by atoms with E-state index in [9.17, 15) is 0 Å². The van der Waals surface area contributed by atoms with Crippen molar-refractivity contribution in [2.24, 2.45) is 0 Å². The Balaban J connectivity index is 1.14. The Morgan fingerprint density at radius 1 is 0.300 bits per heavy atom. The molecule has 0 N–H and O–H groups in total. The average molecular weight is 786 g/mol. The zero-order valence-corrected chi connectivity index (χ0v) is 32.8.